The molecule has 0 bridgehead atoms. The maximum atomic E-state index is 9.51. The first-order chi connectivity index (χ1) is 6.97. The van der Waals surface area contributed by atoms with Crippen LogP contribution >= 0.6 is 38.9 Å². The molecule has 0 atom stereocenters. The average molecular weight is 325 g/mol. The molecule has 2 rings (SSSR count). The Bertz CT molecular complexity index is 417. The van der Waals surface area contributed by atoms with Gasteiger partial charge in [0.2, 0.25) is 0 Å². The van der Waals surface area contributed by atoms with E-state index in [1.165, 1.54) is 5.39 Å². The number of aromatic nitrogens is 1. The minimum atomic E-state index is -3.22. The molecule has 2 aromatic rings. The molecule has 0 N–H and O–H groups in total. The predicted octanol–water partition coefficient (Wildman–Crippen LogP) is 4.13. The van der Waals surface area contributed by atoms with Crippen molar-refractivity contribution in [2.24, 2.45) is 0 Å². The van der Waals surface area contributed by atoms with Crippen molar-refractivity contribution in [2.75, 3.05) is 0 Å². The number of rotatable bonds is 0. The van der Waals surface area contributed by atoms with Crippen LogP contribution in [0.3, 0.4) is 0 Å². The molecular formula is C9H9CaCl3NOP. The zero-order valence-electron chi connectivity index (χ0n) is 7.48. The summed E-state index contributed by atoms with van der Waals surface area (Å²) in [4.78, 5) is 4.18. The molecule has 0 spiro atoms. The summed E-state index contributed by atoms with van der Waals surface area (Å²) >= 11 is 13.8. The molecule has 0 aliphatic carbocycles. The van der Waals surface area contributed by atoms with Gasteiger partial charge in [-0.15, -0.1) is 0 Å². The van der Waals surface area contributed by atoms with Gasteiger partial charge in [-0.25, -0.2) is 0 Å². The van der Waals surface area contributed by atoms with Crippen molar-refractivity contribution >= 4 is 87.6 Å². The van der Waals surface area contributed by atoms with E-state index in [-0.39, 0.29) is 37.7 Å². The Morgan fingerprint density at radius 2 is 1.50 bits per heavy atom. The number of para-hydroxylation sites is 1. The minimum absolute atomic E-state index is 0. The number of nitrogens with zero attached hydrogens (tertiary/aromatic N) is 1. The van der Waals surface area contributed by atoms with Crippen LogP contribution in [0.4, 0.5) is 0 Å². The number of pyridine rings is 1. The second-order valence-electron chi connectivity index (χ2n) is 2.59. The van der Waals surface area contributed by atoms with E-state index < -0.39 is 5.20 Å². The number of hydrogen-bond donors (Lipinski definition) is 0. The van der Waals surface area contributed by atoms with Gasteiger partial charge >= 0.3 is 42.9 Å². The largest absolute Gasteiger partial charge is 0.256 e. The van der Waals surface area contributed by atoms with Crippen molar-refractivity contribution in [3.63, 3.8) is 0 Å². The fourth-order valence-electron chi connectivity index (χ4n) is 1.02. The normalized spacial score (nSPS) is 9.94. The van der Waals surface area contributed by atoms with Gasteiger partial charge in [-0.05, 0) is 45.9 Å². The van der Waals surface area contributed by atoms with Crippen LogP contribution in [0.25, 0.3) is 10.9 Å². The van der Waals surface area contributed by atoms with Crippen LogP contribution in [-0.2, 0) is 4.57 Å². The molecule has 1 aromatic heterocycles. The maximum Gasteiger partial charge on any atom is 0.0701 e. The third kappa shape index (κ3) is 8.14. The third-order valence-corrected chi connectivity index (χ3v) is 1.51. The molecule has 0 unspecified atom stereocenters. The summed E-state index contributed by atoms with van der Waals surface area (Å²) < 4.78 is 9.51. The summed E-state index contributed by atoms with van der Waals surface area (Å²) in [5, 5.41) is -2.02. The Morgan fingerprint density at radius 3 is 2.06 bits per heavy atom. The topological polar surface area (TPSA) is 30.0 Å². The van der Waals surface area contributed by atoms with Gasteiger partial charge in [-0.2, -0.15) is 0 Å². The van der Waals surface area contributed by atoms with Gasteiger partial charge in [0.1, 0.15) is 0 Å². The van der Waals surface area contributed by atoms with Gasteiger partial charge in [-0.3, -0.25) is 9.55 Å². The van der Waals surface area contributed by atoms with E-state index in [0.29, 0.717) is 0 Å². The van der Waals surface area contributed by atoms with E-state index in [0.717, 1.165) is 5.52 Å². The Kier molecular flexibility index (Phi) is 8.66. The zero-order chi connectivity index (χ0) is 11.3. The molecule has 0 aliphatic rings. The van der Waals surface area contributed by atoms with Crippen LogP contribution in [-0.4, -0.2) is 42.7 Å². The third-order valence-electron chi connectivity index (χ3n) is 1.51. The molecule has 0 aliphatic heterocycles. The van der Waals surface area contributed by atoms with Crippen LogP contribution in [0.15, 0.2) is 42.6 Å². The number of fused-ring (bicyclic) bond motifs is 1. The molecule has 1 aromatic carbocycles. The first-order valence-corrected chi connectivity index (χ1v) is 8.38. The average Bonchev–Trinajstić information content (AvgIpc) is 2.16. The second-order valence-corrected chi connectivity index (χ2v) is 9.23. The fourth-order valence-corrected chi connectivity index (χ4v) is 1.02. The molecule has 7 heteroatoms. The van der Waals surface area contributed by atoms with Crippen LogP contribution in [0.5, 0.6) is 0 Å². The standard InChI is InChI=1S/C9H7N.Ca.Cl3OP.2H/c1-2-6-9-8(4-1)5-3-7-10-9;;1-5(2,3)4;;/h1-7H;;;;. The van der Waals surface area contributed by atoms with Crippen molar-refractivity contribution in [2.45, 2.75) is 0 Å². The summed E-state index contributed by atoms with van der Waals surface area (Å²) in [6, 6.07) is 12.1. The van der Waals surface area contributed by atoms with E-state index in [1.807, 2.05) is 30.5 Å². The molecule has 0 saturated carbocycles. The molecule has 0 fully saturated rings. The van der Waals surface area contributed by atoms with Crippen LogP contribution < -0.4 is 0 Å². The first kappa shape index (κ1) is 17.0. The monoisotopic (exact) mass is 323 g/mol. The van der Waals surface area contributed by atoms with E-state index >= 15 is 0 Å². The molecule has 84 valence electrons. The molecule has 2 nitrogen and oxygen atoms in total. The van der Waals surface area contributed by atoms with Crippen molar-refractivity contribution in [3.8, 4) is 0 Å². The molecule has 16 heavy (non-hydrogen) atoms. The van der Waals surface area contributed by atoms with E-state index in [2.05, 4.69) is 50.8 Å². The molecule has 1 heterocycles. The van der Waals surface area contributed by atoms with Crippen molar-refractivity contribution in [3.05, 3.63) is 42.6 Å². The Hall–Kier alpha value is 0.990. The predicted molar refractivity (Wildman–Crippen MR) is 75.5 cm³/mol. The fraction of sp³-hybridized carbons (Fsp3) is 0. The smallest absolute Gasteiger partial charge is 0.0701 e. The van der Waals surface area contributed by atoms with E-state index in [4.69, 9.17) is 0 Å². The summed E-state index contributed by atoms with van der Waals surface area (Å²) in [5.74, 6) is 0. The molecule has 0 radical (unpaired) electrons. The SMILES string of the molecule is O=P(Cl)(Cl)Cl.[CaH2].c1ccc2ncccc2c1. The molecule has 0 saturated heterocycles. The summed E-state index contributed by atoms with van der Waals surface area (Å²) in [6.45, 7) is 0. The van der Waals surface area contributed by atoms with Gasteiger partial charge in [-0.1, -0.05) is 24.3 Å². The molecule has 0 amide bonds. The number of benzene rings is 1. The summed E-state index contributed by atoms with van der Waals surface area (Å²) in [6.07, 6.45) is 1.81. The van der Waals surface area contributed by atoms with Gasteiger partial charge < -0.3 is 0 Å². The van der Waals surface area contributed by atoms with Gasteiger partial charge in [0.05, 0.1) is 5.52 Å². The van der Waals surface area contributed by atoms with E-state index in [9.17, 15) is 4.57 Å². The van der Waals surface area contributed by atoms with Gasteiger partial charge in [0.15, 0.2) is 0 Å². The summed E-state index contributed by atoms with van der Waals surface area (Å²) in [7, 11) is 0. The summed E-state index contributed by atoms with van der Waals surface area (Å²) in [5.41, 5.74) is 1.06. The van der Waals surface area contributed by atoms with Crippen molar-refractivity contribution in [1.82, 2.24) is 4.98 Å². The first-order valence-electron chi connectivity index (χ1n) is 3.95. The second kappa shape index (κ2) is 8.15. The quantitative estimate of drug-likeness (QED) is 0.539. The van der Waals surface area contributed by atoms with E-state index in [1.54, 1.807) is 0 Å². The number of halogens is 3. The van der Waals surface area contributed by atoms with Gasteiger partial charge in [0.25, 0.3) is 0 Å². The van der Waals surface area contributed by atoms with Crippen molar-refractivity contribution < 1.29 is 4.57 Å². The molecular weight excluding hydrogens is 316 g/mol. The van der Waals surface area contributed by atoms with Crippen LogP contribution in [0, 0.1) is 0 Å². The Balaban J connectivity index is 0.000000330. The maximum absolute atomic E-state index is 9.51. The Morgan fingerprint density at radius 1 is 1.00 bits per heavy atom. The van der Waals surface area contributed by atoms with Crippen LogP contribution in [0.2, 0.25) is 0 Å². The van der Waals surface area contributed by atoms with Crippen molar-refractivity contribution in [1.29, 1.82) is 0 Å². The number of hydrogen-bond acceptors (Lipinski definition) is 2. The zero-order valence-corrected chi connectivity index (χ0v) is 10.6. The Labute approximate surface area is 138 Å². The van der Waals surface area contributed by atoms with Crippen LogP contribution in [0.1, 0.15) is 0 Å². The minimum Gasteiger partial charge on any atom is -0.256 e. The van der Waals surface area contributed by atoms with Gasteiger partial charge in [0, 0.05) is 11.6 Å².